The number of H-pyrrole nitrogens is 1. The fourth-order valence-electron chi connectivity index (χ4n) is 3.22. The van der Waals surface area contributed by atoms with E-state index in [9.17, 15) is 0 Å². The van der Waals surface area contributed by atoms with Crippen LogP contribution in [0.25, 0.3) is 10.9 Å². The topological polar surface area (TPSA) is 81.7 Å². The highest BCUT2D eigenvalue weighted by Crippen LogP contribution is 2.38. The van der Waals surface area contributed by atoms with Crippen LogP contribution in [0.2, 0.25) is 5.02 Å². The molecular formula is C21H25ClN4O4. The number of benzene rings is 1. The Morgan fingerprint density at radius 2 is 2.07 bits per heavy atom. The van der Waals surface area contributed by atoms with Crippen molar-refractivity contribution in [3.8, 4) is 23.4 Å². The fraction of sp³-hybridized carbons (Fsp3) is 0.429. The predicted octanol–water partition coefficient (Wildman–Crippen LogP) is 3.90. The first-order valence-electron chi connectivity index (χ1n) is 10.00. The van der Waals surface area contributed by atoms with Gasteiger partial charge in [-0.1, -0.05) is 11.6 Å². The van der Waals surface area contributed by atoms with E-state index in [0.717, 1.165) is 38.2 Å². The number of halogens is 1. The van der Waals surface area contributed by atoms with E-state index in [1.165, 1.54) is 0 Å². The van der Waals surface area contributed by atoms with Crippen molar-refractivity contribution < 1.29 is 18.9 Å². The van der Waals surface area contributed by atoms with E-state index in [1.54, 1.807) is 18.5 Å². The molecule has 1 N–H and O–H groups in total. The summed E-state index contributed by atoms with van der Waals surface area (Å²) in [6, 6.07) is 5.84. The molecule has 0 aliphatic carbocycles. The Bertz CT molecular complexity index is 975. The van der Waals surface area contributed by atoms with Gasteiger partial charge in [-0.3, -0.25) is 4.90 Å². The molecule has 9 heteroatoms. The van der Waals surface area contributed by atoms with Crippen molar-refractivity contribution in [2.24, 2.45) is 0 Å². The number of nitrogens with one attached hydrogen (secondary N) is 1. The molecule has 1 aromatic carbocycles. The number of hydrogen-bond acceptors (Lipinski definition) is 7. The van der Waals surface area contributed by atoms with Gasteiger partial charge in [0.2, 0.25) is 5.88 Å². The second-order valence-electron chi connectivity index (χ2n) is 7.20. The van der Waals surface area contributed by atoms with Gasteiger partial charge in [-0.15, -0.1) is 0 Å². The summed E-state index contributed by atoms with van der Waals surface area (Å²) in [7, 11) is 0. The minimum Gasteiger partial charge on any atom is -0.491 e. The van der Waals surface area contributed by atoms with Crippen LogP contribution in [0.1, 0.15) is 13.8 Å². The number of aromatic amines is 1. The lowest BCUT2D eigenvalue weighted by Crippen LogP contribution is -2.38. The number of ether oxygens (including phenoxy) is 4. The summed E-state index contributed by atoms with van der Waals surface area (Å²) in [6.07, 6.45) is 3.26. The summed E-state index contributed by atoms with van der Waals surface area (Å²) in [4.78, 5) is 13.9. The van der Waals surface area contributed by atoms with Gasteiger partial charge in [0, 0.05) is 43.5 Å². The molecule has 1 aliphatic rings. The molecule has 0 bridgehead atoms. The zero-order chi connectivity index (χ0) is 20.9. The molecule has 0 saturated carbocycles. The third-order valence-corrected chi connectivity index (χ3v) is 4.99. The number of aromatic nitrogens is 3. The standard InChI is InChI=1S/C21H25ClN4O4/c1-14(2)29-17-13-18(30-21-23-5-6-24-21)25-20-15(17)3-4-16(19(20)22)28-12-9-26-7-10-27-11-8-26/h3-6,13-14H,7-12H2,1-2H3,(H,23,24). The van der Waals surface area contributed by atoms with Crippen molar-refractivity contribution in [2.45, 2.75) is 20.0 Å². The van der Waals surface area contributed by atoms with Crippen LogP contribution in [0.15, 0.2) is 30.6 Å². The van der Waals surface area contributed by atoms with E-state index in [4.69, 9.17) is 30.5 Å². The number of morpholine rings is 1. The maximum absolute atomic E-state index is 6.67. The van der Waals surface area contributed by atoms with E-state index >= 15 is 0 Å². The zero-order valence-electron chi connectivity index (χ0n) is 17.1. The molecule has 1 saturated heterocycles. The minimum atomic E-state index is -0.0183. The van der Waals surface area contributed by atoms with Gasteiger partial charge in [-0.2, -0.15) is 0 Å². The van der Waals surface area contributed by atoms with Crippen molar-refractivity contribution in [3.05, 3.63) is 35.6 Å². The molecule has 30 heavy (non-hydrogen) atoms. The molecule has 0 radical (unpaired) electrons. The second kappa shape index (κ2) is 9.51. The lowest BCUT2D eigenvalue weighted by Gasteiger charge is -2.26. The van der Waals surface area contributed by atoms with Crippen LogP contribution >= 0.6 is 11.6 Å². The monoisotopic (exact) mass is 432 g/mol. The summed E-state index contributed by atoms with van der Waals surface area (Å²) in [6.45, 7) is 8.63. The Morgan fingerprint density at radius 3 is 2.80 bits per heavy atom. The Labute approximate surface area is 180 Å². The van der Waals surface area contributed by atoms with Crippen molar-refractivity contribution >= 4 is 22.5 Å². The molecule has 0 atom stereocenters. The molecule has 0 unspecified atom stereocenters. The van der Waals surface area contributed by atoms with Gasteiger partial charge in [0.1, 0.15) is 28.6 Å². The second-order valence-corrected chi connectivity index (χ2v) is 7.58. The van der Waals surface area contributed by atoms with Crippen molar-refractivity contribution in [1.82, 2.24) is 19.9 Å². The molecule has 1 aliphatic heterocycles. The number of imidazole rings is 1. The lowest BCUT2D eigenvalue weighted by molar-refractivity contribution is 0.0322. The first-order valence-corrected chi connectivity index (χ1v) is 10.4. The maximum Gasteiger partial charge on any atom is 0.300 e. The van der Waals surface area contributed by atoms with E-state index in [-0.39, 0.29) is 6.10 Å². The normalized spacial score (nSPS) is 14.9. The van der Waals surface area contributed by atoms with Crippen molar-refractivity contribution in [1.29, 1.82) is 0 Å². The van der Waals surface area contributed by atoms with Crippen molar-refractivity contribution in [2.75, 3.05) is 39.5 Å². The molecule has 3 heterocycles. The van der Waals surface area contributed by atoms with Crippen LogP contribution in [0.4, 0.5) is 0 Å². The molecular weight excluding hydrogens is 408 g/mol. The average molecular weight is 433 g/mol. The number of nitrogens with zero attached hydrogens (tertiary/aromatic N) is 3. The highest BCUT2D eigenvalue weighted by Gasteiger charge is 2.17. The molecule has 1 fully saturated rings. The smallest absolute Gasteiger partial charge is 0.300 e. The van der Waals surface area contributed by atoms with Crippen LogP contribution in [0.3, 0.4) is 0 Å². The van der Waals surface area contributed by atoms with Crippen LogP contribution < -0.4 is 14.2 Å². The zero-order valence-corrected chi connectivity index (χ0v) is 17.8. The fourth-order valence-corrected chi connectivity index (χ4v) is 3.48. The van der Waals surface area contributed by atoms with Crippen LogP contribution in [-0.2, 0) is 4.74 Å². The maximum atomic E-state index is 6.67. The van der Waals surface area contributed by atoms with Crippen molar-refractivity contribution in [3.63, 3.8) is 0 Å². The Balaban J connectivity index is 1.58. The molecule has 3 aromatic rings. The van der Waals surface area contributed by atoms with E-state index in [0.29, 0.717) is 40.5 Å². The number of rotatable bonds is 8. The summed E-state index contributed by atoms with van der Waals surface area (Å²) >= 11 is 6.67. The number of hydrogen-bond donors (Lipinski definition) is 1. The molecule has 4 rings (SSSR count). The predicted molar refractivity (Wildman–Crippen MR) is 114 cm³/mol. The van der Waals surface area contributed by atoms with E-state index in [1.807, 2.05) is 26.0 Å². The Kier molecular flexibility index (Phi) is 6.56. The SMILES string of the molecule is CC(C)Oc1cc(Oc2ncc[nH]2)nc2c(Cl)c(OCCN3CCOCC3)ccc12. The van der Waals surface area contributed by atoms with Gasteiger partial charge in [0.15, 0.2) is 0 Å². The third-order valence-electron chi connectivity index (χ3n) is 4.63. The first-order chi connectivity index (χ1) is 14.6. The van der Waals surface area contributed by atoms with E-state index in [2.05, 4.69) is 19.9 Å². The summed E-state index contributed by atoms with van der Waals surface area (Å²) in [5.74, 6) is 1.55. The van der Waals surface area contributed by atoms with Crippen LogP contribution in [-0.4, -0.2) is 65.4 Å². The Hall–Kier alpha value is -2.55. The van der Waals surface area contributed by atoms with Gasteiger partial charge in [0.25, 0.3) is 6.01 Å². The van der Waals surface area contributed by atoms with Crippen LogP contribution in [0, 0.1) is 0 Å². The number of fused-ring (bicyclic) bond motifs is 1. The highest BCUT2D eigenvalue weighted by molar-refractivity contribution is 6.36. The quantitative estimate of drug-likeness (QED) is 0.578. The van der Waals surface area contributed by atoms with Gasteiger partial charge >= 0.3 is 0 Å². The largest absolute Gasteiger partial charge is 0.491 e. The average Bonchev–Trinajstić information content (AvgIpc) is 3.23. The summed E-state index contributed by atoms with van der Waals surface area (Å²) in [5, 5.41) is 1.22. The highest BCUT2D eigenvalue weighted by atomic mass is 35.5. The lowest BCUT2D eigenvalue weighted by atomic mass is 10.2. The molecule has 8 nitrogen and oxygen atoms in total. The Morgan fingerprint density at radius 1 is 1.23 bits per heavy atom. The third kappa shape index (κ3) is 4.95. The molecule has 160 valence electrons. The minimum absolute atomic E-state index is 0.0183. The first kappa shape index (κ1) is 20.7. The van der Waals surface area contributed by atoms with Gasteiger partial charge in [-0.05, 0) is 26.0 Å². The van der Waals surface area contributed by atoms with Gasteiger partial charge < -0.3 is 23.9 Å². The summed E-state index contributed by atoms with van der Waals surface area (Å²) < 4.78 is 23.0. The van der Waals surface area contributed by atoms with Gasteiger partial charge in [0.05, 0.1) is 19.3 Å². The molecule has 0 amide bonds. The van der Waals surface area contributed by atoms with Gasteiger partial charge in [-0.25, -0.2) is 9.97 Å². The molecule has 0 spiro atoms. The summed E-state index contributed by atoms with van der Waals surface area (Å²) in [5.41, 5.74) is 0.556. The number of pyridine rings is 1. The molecule has 2 aromatic heterocycles. The van der Waals surface area contributed by atoms with Crippen LogP contribution in [0.5, 0.6) is 23.4 Å². The van der Waals surface area contributed by atoms with E-state index < -0.39 is 0 Å².